The first-order valence-corrected chi connectivity index (χ1v) is 1.81. The highest BCUT2D eigenvalue weighted by Crippen LogP contribution is 1.62. The van der Waals surface area contributed by atoms with Gasteiger partial charge in [-0.3, -0.25) is 4.84 Å². The number of hydrogen-bond acceptors (Lipinski definition) is 2. The average Bonchev–Trinajstić information content (AvgIpc) is 1.66. The number of carboxylic acid groups (broad SMARTS) is 1. The maximum absolute atomic E-state index is 9.57. The van der Waals surface area contributed by atoms with Crippen LogP contribution < -0.4 is 5.48 Å². The Morgan fingerprint density at radius 2 is 2.62 bits per heavy atom. The maximum atomic E-state index is 9.57. The normalized spacial score (nSPS) is 7.38. The molecule has 0 aliphatic carbocycles. The van der Waals surface area contributed by atoms with Crippen molar-refractivity contribution in [1.29, 1.82) is 0 Å². The Hall–Kier alpha value is -1.21. The monoisotopic (exact) mass is 115 g/mol. The lowest BCUT2D eigenvalue weighted by Crippen LogP contribution is -2.20. The van der Waals surface area contributed by atoms with Gasteiger partial charge in [0, 0.05) is 0 Å². The zero-order valence-corrected chi connectivity index (χ0v) is 4.05. The van der Waals surface area contributed by atoms with E-state index in [1.165, 1.54) is 0 Å². The van der Waals surface area contributed by atoms with Crippen LogP contribution in [0.4, 0.5) is 4.79 Å². The Kier molecular flexibility index (Phi) is 3.36. The molecular weight excluding hydrogens is 110 g/mol. The number of hydroxylamine groups is 1. The molecule has 0 aliphatic heterocycles. The van der Waals surface area contributed by atoms with Gasteiger partial charge in [-0.15, -0.1) is 6.42 Å². The van der Waals surface area contributed by atoms with Crippen LogP contribution in [-0.2, 0) is 4.84 Å². The first-order valence-electron chi connectivity index (χ1n) is 1.81. The van der Waals surface area contributed by atoms with Crippen LogP contribution in [-0.4, -0.2) is 17.8 Å². The Labute approximate surface area is 46.4 Å². The Morgan fingerprint density at radius 3 is 3.00 bits per heavy atom. The van der Waals surface area contributed by atoms with Crippen molar-refractivity contribution in [2.45, 2.75) is 0 Å². The van der Waals surface area contributed by atoms with Gasteiger partial charge in [0.15, 0.2) is 0 Å². The lowest BCUT2D eigenvalue weighted by molar-refractivity contribution is 0.0621. The second-order valence-electron chi connectivity index (χ2n) is 0.900. The molecule has 8 heavy (non-hydrogen) atoms. The number of carbonyl (C=O) groups is 1. The maximum Gasteiger partial charge on any atom is 0.428 e. The molecule has 1 amide bonds. The van der Waals surface area contributed by atoms with Crippen molar-refractivity contribution < 1.29 is 14.7 Å². The van der Waals surface area contributed by atoms with E-state index in [4.69, 9.17) is 11.5 Å². The summed E-state index contributed by atoms with van der Waals surface area (Å²) in [5.74, 6) is 2.08. The van der Waals surface area contributed by atoms with Gasteiger partial charge >= 0.3 is 6.09 Å². The predicted octanol–water partition coefficient (Wildman–Crippen LogP) is -0.181. The third-order valence-electron chi connectivity index (χ3n) is 0.315. The molecule has 0 aliphatic rings. The largest absolute Gasteiger partial charge is 0.464 e. The quantitative estimate of drug-likeness (QED) is 0.298. The highest BCUT2D eigenvalue weighted by molar-refractivity contribution is 5.62. The van der Waals surface area contributed by atoms with E-state index in [0.717, 1.165) is 0 Å². The van der Waals surface area contributed by atoms with Gasteiger partial charge in [0.2, 0.25) is 0 Å². The molecule has 0 radical (unpaired) electrons. The standard InChI is InChI=1S/C4H5NO3/c1-2-3-8-5-4(6)7/h1,5H,3H2,(H,6,7). The minimum atomic E-state index is -1.25. The van der Waals surface area contributed by atoms with Crippen LogP contribution >= 0.6 is 0 Å². The fourth-order valence-electron chi connectivity index (χ4n) is 0.139. The molecule has 4 heteroatoms. The summed E-state index contributed by atoms with van der Waals surface area (Å²) >= 11 is 0. The minimum absolute atomic E-state index is 0.0493. The van der Waals surface area contributed by atoms with Gasteiger partial charge in [0.25, 0.3) is 0 Å². The van der Waals surface area contributed by atoms with Crippen LogP contribution in [0.3, 0.4) is 0 Å². The van der Waals surface area contributed by atoms with Crippen LogP contribution in [0, 0.1) is 12.3 Å². The highest BCUT2D eigenvalue weighted by Gasteiger charge is 1.88. The molecule has 0 bridgehead atoms. The number of nitrogens with one attached hydrogen (secondary N) is 1. The molecule has 0 spiro atoms. The van der Waals surface area contributed by atoms with Gasteiger partial charge in [-0.1, -0.05) is 5.92 Å². The number of amides is 1. The van der Waals surface area contributed by atoms with E-state index in [-0.39, 0.29) is 6.61 Å². The number of terminal acetylenes is 1. The molecule has 0 fully saturated rings. The predicted molar refractivity (Wildman–Crippen MR) is 25.9 cm³/mol. The molecule has 0 unspecified atom stereocenters. The fraction of sp³-hybridized carbons (Fsp3) is 0.250. The Balaban J connectivity index is 2.97. The van der Waals surface area contributed by atoms with Crippen molar-refractivity contribution in [1.82, 2.24) is 5.48 Å². The number of hydrogen-bond donors (Lipinski definition) is 2. The van der Waals surface area contributed by atoms with Crippen LogP contribution in [0.2, 0.25) is 0 Å². The van der Waals surface area contributed by atoms with Gasteiger partial charge in [-0.05, 0) is 0 Å². The summed E-state index contributed by atoms with van der Waals surface area (Å²) in [5, 5.41) is 7.84. The van der Waals surface area contributed by atoms with Crippen molar-refractivity contribution in [3.8, 4) is 12.3 Å². The SMILES string of the molecule is C#CCONC(=O)O. The minimum Gasteiger partial charge on any atom is -0.464 e. The summed E-state index contributed by atoms with van der Waals surface area (Å²) in [5.41, 5.74) is 1.62. The van der Waals surface area contributed by atoms with Gasteiger partial charge in [-0.2, -0.15) is 5.48 Å². The first-order chi connectivity index (χ1) is 3.77. The van der Waals surface area contributed by atoms with Crippen molar-refractivity contribution in [2.75, 3.05) is 6.61 Å². The average molecular weight is 115 g/mol. The lowest BCUT2D eigenvalue weighted by Gasteiger charge is -1.93. The summed E-state index contributed by atoms with van der Waals surface area (Å²) in [6.07, 6.45) is 3.46. The summed E-state index contributed by atoms with van der Waals surface area (Å²) in [6, 6.07) is 0. The van der Waals surface area contributed by atoms with Gasteiger partial charge in [0.1, 0.15) is 6.61 Å². The lowest BCUT2D eigenvalue weighted by atomic mass is 10.8. The summed E-state index contributed by atoms with van der Waals surface area (Å²) in [6.45, 7) is -0.0493. The van der Waals surface area contributed by atoms with E-state index in [1.54, 1.807) is 5.48 Å². The molecule has 2 N–H and O–H groups in total. The molecule has 0 saturated carbocycles. The Bertz CT molecular complexity index is 115. The van der Waals surface area contributed by atoms with Crippen molar-refractivity contribution in [3.05, 3.63) is 0 Å². The highest BCUT2D eigenvalue weighted by atomic mass is 16.7. The van der Waals surface area contributed by atoms with E-state index >= 15 is 0 Å². The smallest absolute Gasteiger partial charge is 0.428 e. The van der Waals surface area contributed by atoms with E-state index in [2.05, 4.69) is 10.8 Å². The van der Waals surface area contributed by atoms with Crippen LogP contribution in [0.5, 0.6) is 0 Å². The zero-order valence-electron chi connectivity index (χ0n) is 4.05. The van der Waals surface area contributed by atoms with Crippen molar-refractivity contribution in [2.24, 2.45) is 0 Å². The van der Waals surface area contributed by atoms with Gasteiger partial charge in [-0.25, -0.2) is 4.79 Å². The third-order valence-corrected chi connectivity index (χ3v) is 0.315. The molecule has 0 saturated heterocycles. The molecule has 0 heterocycles. The van der Waals surface area contributed by atoms with E-state index < -0.39 is 6.09 Å². The molecule has 44 valence electrons. The van der Waals surface area contributed by atoms with Crippen LogP contribution in [0.1, 0.15) is 0 Å². The van der Waals surface area contributed by atoms with E-state index in [1.807, 2.05) is 0 Å². The second-order valence-corrected chi connectivity index (χ2v) is 0.900. The van der Waals surface area contributed by atoms with Crippen LogP contribution in [0.15, 0.2) is 0 Å². The van der Waals surface area contributed by atoms with Gasteiger partial charge < -0.3 is 5.11 Å². The van der Waals surface area contributed by atoms with Crippen LogP contribution in [0.25, 0.3) is 0 Å². The molecular formula is C4H5NO3. The first kappa shape index (κ1) is 6.79. The van der Waals surface area contributed by atoms with E-state index in [9.17, 15) is 4.79 Å². The molecule has 0 rings (SSSR count). The van der Waals surface area contributed by atoms with Crippen molar-refractivity contribution in [3.63, 3.8) is 0 Å². The molecule has 4 nitrogen and oxygen atoms in total. The summed E-state index contributed by atoms with van der Waals surface area (Å²) in [7, 11) is 0. The van der Waals surface area contributed by atoms with Crippen molar-refractivity contribution >= 4 is 6.09 Å². The fourth-order valence-corrected chi connectivity index (χ4v) is 0.139. The molecule has 0 aromatic heterocycles. The molecule has 0 aromatic carbocycles. The summed E-state index contributed by atoms with van der Waals surface area (Å²) < 4.78 is 0. The number of rotatable bonds is 2. The third kappa shape index (κ3) is 4.79. The molecule has 0 atom stereocenters. The van der Waals surface area contributed by atoms with E-state index in [0.29, 0.717) is 0 Å². The van der Waals surface area contributed by atoms with Gasteiger partial charge in [0.05, 0.1) is 0 Å². The molecule has 0 aromatic rings. The topological polar surface area (TPSA) is 58.6 Å². The second kappa shape index (κ2) is 3.96. The summed E-state index contributed by atoms with van der Waals surface area (Å²) in [4.78, 5) is 13.7. The zero-order chi connectivity index (χ0) is 6.41. The Morgan fingerprint density at radius 1 is 2.00 bits per heavy atom.